The van der Waals surface area contributed by atoms with E-state index in [-0.39, 0.29) is 6.54 Å². The molecular weight excluding hydrogens is 300 g/mol. The van der Waals surface area contributed by atoms with Crippen molar-refractivity contribution in [2.75, 3.05) is 31.7 Å². The normalized spacial score (nSPS) is 9.83. The maximum absolute atomic E-state index is 10.8. The molecule has 6 heteroatoms. The SMILES string of the molecule is COCCN(CC(=O)O)c1ccc(C#N)c(Br)c1. The van der Waals surface area contributed by atoms with Crippen LogP contribution in [0.15, 0.2) is 22.7 Å². The molecule has 0 saturated heterocycles. The van der Waals surface area contributed by atoms with E-state index in [4.69, 9.17) is 15.1 Å². The van der Waals surface area contributed by atoms with E-state index < -0.39 is 5.97 Å². The largest absolute Gasteiger partial charge is 0.480 e. The first-order chi connectivity index (χ1) is 8.58. The second-order valence-electron chi connectivity index (χ2n) is 3.58. The molecule has 96 valence electrons. The zero-order chi connectivity index (χ0) is 13.5. The molecule has 0 aliphatic rings. The van der Waals surface area contributed by atoms with Crippen molar-refractivity contribution in [3.05, 3.63) is 28.2 Å². The fourth-order valence-corrected chi connectivity index (χ4v) is 1.91. The summed E-state index contributed by atoms with van der Waals surface area (Å²) in [4.78, 5) is 12.5. The van der Waals surface area contributed by atoms with Crippen molar-refractivity contribution in [1.29, 1.82) is 5.26 Å². The Balaban J connectivity index is 2.94. The Labute approximate surface area is 114 Å². The summed E-state index contributed by atoms with van der Waals surface area (Å²) >= 11 is 3.28. The molecule has 1 N–H and O–H groups in total. The van der Waals surface area contributed by atoms with E-state index in [1.54, 1.807) is 30.2 Å². The minimum atomic E-state index is -0.911. The van der Waals surface area contributed by atoms with E-state index >= 15 is 0 Å². The molecule has 0 saturated carbocycles. The molecule has 0 fully saturated rings. The number of aliphatic carboxylic acids is 1. The van der Waals surface area contributed by atoms with E-state index in [2.05, 4.69) is 15.9 Å². The van der Waals surface area contributed by atoms with Gasteiger partial charge in [0.15, 0.2) is 0 Å². The lowest BCUT2D eigenvalue weighted by Gasteiger charge is -2.22. The van der Waals surface area contributed by atoms with Crippen LogP contribution in [0.3, 0.4) is 0 Å². The molecule has 0 aromatic heterocycles. The molecule has 0 radical (unpaired) electrons. The van der Waals surface area contributed by atoms with E-state index in [0.717, 1.165) is 5.69 Å². The molecule has 1 aromatic rings. The Morgan fingerprint density at radius 3 is 2.83 bits per heavy atom. The summed E-state index contributed by atoms with van der Waals surface area (Å²) in [5.74, 6) is -0.911. The second-order valence-corrected chi connectivity index (χ2v) is 4.44. The van der Waals surface area contributed by atoms with Gasteiger partial charge in [-0.15, -0.1) is 0 Å². The van der Waals surface area contributed by atoms with Gasteiger partial charge in [-0.25, -0.2) is 0 Å². The first-order valence-electron chi connectivity index (χ1n) is 5.23. The van der Waals surface area contributed by atoms with Gasteiger partial charge in [0.2, 0.25) is 0 Å². The van der Waals surface area contributed by atoms with Crippen LogP contribution >= 0.6 is 15.9 Å². The van der Waals surface area contributed by atoms with Gasteiger partial charge >= 0.3 is 5.97 Å². The highest BCUT2D eigenvalue weighted by Gasteiger charge is 2.12. The maximum atomic E-state index is 10.8. The predicted octanol–water partition coefficient (Wildman–Crippen LogP) is 1.86. The Morgan fingerprint density at radius 1 is 1.61 bits per heavy atom. The number of benzene rings is 1. The molecule has 18 heavy (non-hydrogen) atoms. The van der Waals surface area contributed by atoms with Crippen molar-refractivity contribution in [1.82, 2.24) is 0 Å². The van der Waals surface area contributed by atoms with Gasteiger partial charge in [-0.2, -0.15) is 5.26 Å². The van der Waals surface area contributed by atoms with E-state index in [9.17, 15) is 4.79 Å². The van der Waals surface area contributed by atoms with Crippen molar-refractivity contribution in [3.8, 4) is 6.07 Å². The van der Waals surface area contributed by atoms with Crippen molar-refractivity contribution in [2.45, 2.75) is 0 Å². The number of rotatable bonds is 6. The summed E-state index contributed by atoms with van der Waals surface area (Å²) < 4.78 is 5.60. The number of nitriles is 1. The minimum Gasteiger partial charge on any atom is -0.480 e. The average molecular weight is 313 g/mol. The van der Waals surface area contributed by atoms with Gasteiger partial charge < -0.3 is 14.7 Å². The predicted molar refractivity (Wildman–Crippen MR) is 70.6 cm³/mol. The molecule has 1 rings (SSSR count). The smallest absolute Gasteiger partial charge is 0.323 e. The van der Waals surface area contributed by atoms with Crippen LogP contribution in [0.1, 0.15) is 5.56 Å². The van der Waals surface area contributed by atoms with Crippen molar-refractivity contribution in [2.24, 2.45) is 0 Å². The van der Waals surface area contributed by atoms with Crippen LogP contribution in [0, 0.1) is 11.3 Å². The van der Waals surface area contributed by atoms with Crippen LogP contribution in [0.5, 0.6) is 0 Å². The number of ether oxygens (including phenoxy) is 1. The first kappa shape index (κ1) is 14.5. The second kappa shape index (κ2) is 6.99. The molecular formula is C12H13BrN2O3. The van der Waals surface area contributed by atoms with Crippen molar-refractivity contribution in [3.63, 3.8) is 0 Å². The maximum Gasteiger partial charge on any atom is 0.323 e. The van der Waals surface area contributed by atoms with Crippen LogP contribution in [0.4, 0.5) is 5.69 Å². The van der Waals surface area contributed by atoms with Gasteiger partial charge in [-0.1, -0.05) is 0 Å². The van der Waals surface area contributed by atoms with E-state index in [0.29, 0.717) is 23.2 Å². The molecule has 1 aromatic carbocycles. The molecule has 0 heterocycles. The topological polar surface area (TPSA) is 73.6 Å². The van der Waals surface area contributed by atoms with Crippen LogP contribution in [0.25, 0.3) is 0 Å². The van der Waals surface area contributed by atoms with Crippen LogP contribution < -0.4 is 4.90 Å². The average Bonchev–Trinajstić information content (AvgIpc) is 2.34. The van der Waals surface area contributed by atoms with Gasteiger partial charge in [-0.05, 0) is 34.1 Å². The Bertz CT molecular complexity index is 471. The van der Waals surface area contributed by atoms with Gasteiger partial charge in [0.25, 0.3) is 0 Å². The van der Waals surface area contributed by atoms with E-state index in [1.807, 2.05) is 6.07 Å². The third-order valence-corrected chi connectivity index (χ3v) is 2.99. The lowest BCUT2D eigenvalue weighted by molar-refractivity contribution is -0.135. The lowest BCUT2D eigenvalue weighted by atomic mass is 10.2. The van der Waals surface area contributed by atoms with Gasteiger partial charge in [0.05, 0.1) is 12.2 Å². The lowest BCUT2D eigenvalue weighted by Crippen LogP contribution is -2.32. The monoisotopic (exact) mass is 312 g/mol. The molecule has 0 bridgehead atoms. The number of halogens is 1. The van der Waals surface area contributed by atoms with Crippen LogP contribution in [0.2, 0.25) is 0 Å². The summed E-state index contributed by atoms with van der Waals surface area (Å²) in [6, 6.07) is 7.15. The number of anilines is 1. The quantitative estimate of drug-likeness (QED) is 0.868. The Hall–Kier alpha value is -1.58. The molecule has 0 unspecified atom stereocenters. The van der Waals surface area contributed by atoms with Crippen LogP contribution in [-0.2, 0) is 9.53 Å². The molecule has 0 amide bonds. The molecule has 0 atom stereocenters. The van der Waals surface area contributed by atoms with Gasteiger partial charge in [0, 0.05) is 23.8 Å². The summed E-state index contributed by atoms with van der Waals surface area (Å²) in [5.41, 5.74) is 1.25. The first-order valence-corrected chi connectivity index (χ1v) is 6.03. The van der Waals surface area contributed by atoms with Gasteiger partial charge in [0.1, 0.15) is 12.6 Å². The van der Waals surface area contributed by atoms with E-state index in [1.165, 1.54) is 0 Å². The summed E-state index contributed by atoms with van der Waals surface area (Å²) in [6.07, 6.45) is 0. The number of nitrogens with zero attached hydrogens (tertiary/aromatic N) is 2. The number of carbonyl (C=O) groups is 1. The highest BCUT2D eigenvalue weighted by Crippen LogP contribution is 2.23. The highest BCUT2D eigenvalue weighted by molar-refractivity contribution is 9.10. The minimum absolute atomic E-state index is 0.109. The number of methoxy groups -OCH3 is 1. The Kier molecular flexibility index (Phi) is 5.62. The standard InChI is InChI=1S/C12H13BrN2O3/c1-18-5-4-15(8-12(16)17)10-3-2-9(7-14)11(13)6-10/h2-3,6H,4-5,8H2,1H3,(H,16,17). The number of carboxylic acids is 1. The molecule has 0 aliphatic carbocycles. The summed E-state index contributed by atoms with van der Waals surface area (Å²) in [6.45, 7) is 0.799. The fourth-order valence-electron chi connectivity index (χ4n) is 1.46. The number of hydrogen-bond donors (Lipinski definition) is 1. The van der Waals surface area contributed by atoms with Crippen molar-refractivity contribution >= 4 is 27.6 Å². The zero-order valence-corrected chi connectivity index (χ0v) is 11.5. The highest BCUT2D eigenvalue weighted by atomic mass is 79.9. The third-order valence-electron chi connectivity index (χ3n) is 2.33. The molecule has 0 spiro atoms. The molecule has 0 aliphatic heterocycles. The zero-order valence-electron chi connectivity index (χ0n) is 9.89. The summed E-state index contributed by atoms with van der Waals surface area (Å²) in [7, 11) is 1.56. The van der Waals surface area contributed by atoms with Crippen LogP contribution in [-0.4, -0.2) is 37.9 Å². The third kappa shape index (κ3) is 4.02. The summed E-state index contributed by atoms with van der Waals surface area (Å²) in [5, 5.41) is 17.7. The fraction of sp³-hybridized carbons (Fsp3) is 0.333. The van der Waals surface area contributed by atoms with Gasteiger partial charge in [-0.3, -0.25) is 4.79 Å². The number of hydrogen-bond acceptors (Lipinski definition) is 4. The molecule has 5 nitrogen and oxygen atoms in total. The van der Waals surface area contributed by atoms with Crippen molar-refractivity contribution < 1.29 is 14.6 Å². The number of carboxylic acid groups (broad SMARTS) is 1. The Morgan fingerprint density at radius 2 is 2.33 bits per heavy atom.